The lowest BCUT2D eigenvalue weighted by atomic mass is 9.91. The molecule has 142 valence electrons. The molecule has 2 amide bonds. The van der Waals surface area contributed by atoms with Crippen molar-refractivity contribution < 1.29 is 27.9 Å². The minimum Gasteiger partial charge on any atom is -0.379 e. The normalized spacial score (nSPS) is 31.6. The molecule has 0 spiro atoms. The lowest BCUT2D eigenvalue weighted by Gasteiger charge is -2.41. The van der Waals surface area contributed by atoms with Gasteiger partial charge in [0.05, 0.1) is 12.4 Å². The zero-order valence-corrected chi connectivity index (χ0v) is 14.7. The number of alkyl halides is 3. The molecule has 2 aliphatic heterocycles. The number of likely N-dealkylation sites (tertiary alicyclic amines) is 1. The first-order chi connectivity index (χ1) is 11.7. The van der Waals surface area contributed by atoms with Gasteiger partial charge in [0.2, 0.25) is 11.8 Å². The van der Waals surface area contributed by atoms with E-state index in [1.54, 1.807) is 0 Å². The van der Waals surface area contributed by atoms with Crippen molar-refractivity contribution in [2.24, 2.45) is 5.92 Å². The summed E-state index contributed by atoms with van der Waals surface area (Å²) in [6.07, 6.45) is -1.43. The lowest BCUT2D eigenvalue weighted by Crippen LogP contribution is -2.61. The molecule has 0 aromatic rings. The topological polar surface area (TPSA) is 60.9 Å². The molecule has 1 N–H and O–H groups in total. The van der Waals surface area contributed by atoms with E-state index in [9.17, 15) is 27.9 Å². The average molecular weight is 380 g/mol. The zero-order valence-electron chi connectivity index (χ0n) is 13.9. The molecule has 2 heterocycles. The summed E-state index contributed by atoms with van der Waals surface area (Å²) in [6.45, 7) is -0.564. The minimum absolute atomic E-state index is 0.0519. The van der Waals surface area contributed by atoms with Crippen molar-refractivity contribution in [1.29, 1.82) is 0 Å². The third kappa shape index (κ3) is 3.63. The summed E-state index contributed by atoms with van der Waals surface area (Å²) in [7, 11) is 0. The van der Waals surface area contributed by atoms with E-state index < -0.39 is 36.7 Å². The van der Waals surface area contributed by atoms with E-state index in [0.717, 1.165) is 30.6 Å². The van der Waals surface area contributed by atoms with Gasteiger partial charge in [0, 0.05) is 18.2 Å². The van der Waals surface area contributed by atoms with Crippen molar-refractivity contribution in [2.45, 2.75) is 56.3 Å². The van der Waals surface area contributed by atoms with Gasteiger partial charge in [-0.1, -0.05) is 12.8 Å². The van der Waals surface area contributed by atoms with Crippen LogP contribution in [0.15, 0.2) is 0 Å². The van der Waals surface area contributed by atoms with Crippen LogP contribution in [0.1, 0.15) is 38.5 Å². The summed E-state index contributed by atoms with van der Waals surface area (Å²) in [5, 5.41) is 9.91. The molecular formula is C16H23F3N2O3S. The Kier molecular flexibility index (Phi) is 5.26. The Bertz CT molecular complexity index is 539. The van der Waals surface area contributed by atoms with Crippen molar-refractivity contribution >= 4 is 23.6 Å². The van der Waals surface area contributed by atoms with Crippen molar-refractivity contribution in [1.82, 2.24) is 9.80 Å². The summed E-state index contributed by atoms with van der Waals surface area (Å²) in [5.41, 5.74) is -2.85. The molecule has 2 unspecified atom stereocenters. The Hall–Kier alpha value is -0.960. The van der Waals surface area contributed by atoms with Crippen molar-refractivity contribution in [3.8, 4) is 0 Å². The van der Waals surface area contributed by atoms with Crippen LogP contribution in [0, 0.1) is 5.92 Å². The van der Waals surface area contributed by atoms with E-state index in [-0.39, 0.29) is 24.8 Å². The highest BCUT2D eigenvalue weighted by Gasteiger charge is 2.56. The maximum Gasteiger partial charge on any atom is 0.418 e. The molecule has 0 radical (unpaired) electrons. The van der Waals surface area contributed by atoms with Gasteiger partial charge in [-0.25, -0.2) is 0 Å². The smallest absolute Gasteiger partial charge is 0.379 e. The molecule has 0 aromatic carbocycles. The second kappa shape index (κ2) is 6.98. The van der Waals surface area contributed by atoms with Crippen LogP contribution in [0.2, 0.25) is 0 Å². The van der Waals surface area contributed by atoms with E-state index in [1.807, 2.05) is 0 Å². The van der Waals surface area contributed by atoms with Gasteiger partial charge in [-0.3, -0.25) is 9.59 Å². The number of carbonyl (C=O) groups is 2. The van der Waals surface area contributed by atoms with Gasteiger partial charge in [-0.05, 0) is 25.7 Å². The quantitative estimate of drug-likeness (QED) is 0.796. The molecule has 1 aliphatic carbocycles. The fourth-order valence-electron chi connectivity index (χ4n) is 3.94. The third-order valence-electron chi connectivity index (χ3n) is 5.47. The Morgan fingerprint density at radius 2 is 1.80 bits per heavy atom. The predicted octanol–water partition coefficient (Wildman–Crippen LogP) is 1.99. The van der Waals surface area contributed by atoms with Gasteiger partial charge < -0.3 is 14.9 Å². The van der Waals surface area contributed by atoms with Gasteiger partial charge in [-0.2, -0.15) is 13.2 Å². The van der Waals surface area contributed by atoms with Crippen molar-refractivity contribution in [2.75, 3.05) is 24.7 Å². The van der Waals surface area contributed by atoms with Crippen molar-refractivity contribution in [3.63, 3.8) is 0 Å². The van der Waals surface area contributed by atoms with Crippen LogP contribution in [-0.2, 0) is 9.59 Å². The van der Waals surface area contributed by atoms with Crippen LogP contribution in [0.3, 0.4) is 0 Å². The van der Waals surface area contributed by atoms with Crippen LogP contribution in [0.5, 0.6) is 0 Å². The second-order valence-electron chi connectivity index (χ2n) is 7.20. The molecular weight excluding hydrogens is 357 g/mol. The van der Waals surface area contributed by atoms with E-state index in [0.29, 0.717) is 11.6 Å². The largest absolute Gasteiger partial charge is 0.418 e. The van der Waals surface area contributed by atoms with E-state index >= 15 is 0 Å². The number of hydrogen-bond donors (Lipinski definition) is 1. The number of halogens is 3. The van der Waals surface area contributed by atoms with Crippen LogP contribution in [0.25, 0.3) is 0 Å². The Morgan fingerprint density at radius 1 is 1.12 bits per heavy atom. The Morgan fingerprint density at radius 3 is 2.44 bits per heavy atom. The fourth-order valence-corrected chi connectivity index (χ4v) is 5.09. The maximum absolute atomic E-state index is 13.1. The number of β-amino-alcohol motifs (C(OH)–C–C–N with tert-alkyl or cyclic N) is 1. The molecule has 3 aliphatic rings. The molecule has 9 heteroatoms. The van der Waals surface area contributed by atoms with Gasteiger partial charge in [-0.15, -0.1) is 11.8 Å². The molecule has 3 rings (SSSR count). The first-order valence-corrected chi connectivity index (χ1v) is 9.84. The minimum atomic E-state index is -4.77. The molecule has 5 nitrogen and oxygen atoms in total. The van der Waals surface area contributed by atoms with Crippen LogP contribution in [0.4, 0.5) is 13.2 Å². The highest BCUT2D eigenvalue weighted by atomic mass is 32.2. The SMILES string of the molecule is O=C(C1CSCN1C(=O)C1CCCC1)N1CCCC(O)(C(F)(F)F)C1. The third-order valence-corrected chi connectivity index (χ3v) is 6.48. The molecule has 1 saturated carbocycles. The summed E-state index contributed by atoms with van der Waals surface area (Å²) < 4.78 is 39.3. The predicted molar refractivity (Wildman–Crippen MR) is 86.7 cm³/mol. The first-order valence-electron chi connectivity index (χ1n) is 8.69. The van der Waals surface area contributed by atoms with E-state index in [4.69, 9.17) is 0 Å². The summed E-state index contributed by atoms with van der Waals surface area (Å²) in [5.74, 6) is 0.214. The summed E-state index contributed by atoms with van der Waals surface area (Å²) in [6, 6.07) is -0.714. The number of nitrogens with zero attached hydrogens (tertiary/aromatic N) is 2. The van der Waals surface area contributed by atoms with Crippen LogP contribution < -0.4 is 0 Å². The molecule has 2 atom stereocenters. The summed E-state index contributed by atoms with van der Waals surface area (Å²) in [4.78, 5) is 28.0. The highest BCUT2D eigenvalue weighted by Crippen LogP contribution is 2.38. The Balaban J connectivity index is 1.70. The maximum atomic E-state index is 13.1. The highest BCUT2D eigenvalue weighted by molar-refractivity contribution is 7.99. The van der Waals surface area contributed by atoms with Crippen LogP contribution in [-0.4, -0.2) is 69.3 Å². The molecule has 0 bridgehead atoms. The zero-order chi connectivity index (χ0) is 18.2. The second-order valence-corrected chi connectivity index (χ2v) is 8.20. The van der Waals surface area contributed by atoms with Gasteiger partial charge in [0.25, 0.3) is 0 Å². The molecule has 2 saturated heterocycles. The number of piperidine rings is 1. The van der Waals surface area contributed by atoms with E-state index in [1.165, 1.54) is 16.7 Å². The average Bonchev–Trinajstić information content (AvgIpc) is 3.24. The van der Waals surface area contributed by atoms with Crippen LogP contribution >= 0.6 is 11.8 Å². The number of rotatable bonds is 2. The first kappa shape index (κ1) is 18.8. The molecule has 0 aromatic heterocycles. The Labute approximate surface area is 148 Å². The molecule has 25 heavy (non-hydrogen) atoms. The summed E-state index contributed by atoms with van der Waals surface area (Å²) >= 11 is 1.45. The fraction of sp³-hybridized carbons (Fsp3) is 0.875. The lowest BCUT2D eigenvalue weighted by molar-refractivity contribution is -0.272. The number of thioether (sulfide) groups is 1. The number of hydrogen-bond acceptors (Lipinski definition) is 4. The number of carbonyl (C=O) groups excluding carboxylic acids is 2. The van der Waals surface area contributed by atoms with Gasteiger partial charge in [0.15, 0.2) is 5.60 Å². The number of aliphatic hydroxyl groups is 1. The standard InChI is InChI=1S/C16H23F3N2O3S/c17-16(18,19)15(24)6-3-7-20(9-15)14(23)12-8-25-10-21(12)13(22)11-4-1-2-5-11/h11-12,24H,1-10H2. The molecule has 3 fully saturated rings. The van der Waals surface area contributed by atoms with E-state index in [2.05, 4.69) is 0 Å². The number of amides is 2. The van der Waals surface area contributed by atoms with Gasteiger partial charge >= 0.3 is 6.18 Å². The van der Waals surface area contributed by atoms with Gasteiger partial charge in [0.1, 0.15) is 6.04 Å². The monoisotopic (exact) mass is 380 g/mol. The van der Waals surface area contributed by atoms with Crippen molar-refractivity contribution in [3.05, 3.63) is 0 Å².